The van der Waals surface area contributed by atoms with Crippen LogP contribution in [0.5, 0.6) is 0 Å². The van der Waals surface area contributed by atoms with Crippen molar-refractivity contribution >= 4 is 44.4 Å². The van der Waals surface area contributed by atoms with Crippen LogP contribution in [0.1, 0.15) is 18.9 Å². The molecule has 0 N–H and O–H groups in total. The van der Waals surface area contributed by atoms with Crippen LogP contribution in [-0.2, 0) is 15.8 Å². The zero-order valence-corrected chi connectivity index (χ0v) is 13.6. The number of rotatable bonds is 2. The van der Waals surface area contributed by atoms with Gasteiger partial charge in [-0.05, 0) is 12.1 Å². The largest absolute Gasteiger partial charge is 0.417 e. The maximum Gasteiger partial charge on any atom is 0.417 e. The topological polar surface area (TPSA) is 37.4 Å². The van der Waals surface area contributed by atoms with Crippen molar-refractivity contribution in [3.05, 3.63) is 28.0 Å². The zero-order chi connectivity index (χ0) is 16.7. The first kappa shape index (κ1) is 17.3. The monoisotopic (exact) mass is 399 g/mol. The van der Waals surface area contributed by atoms with Gasteiger partial charge in [0.2, 0.25) is 5.91 Å². The van der Waals surface area contributed by atoms with Gasteiger partial charge in [-0.15, -0.1) is 0 Å². The molecule has 0 saturated carbocycles. The number of nitrogens with zero attached hydrogens (tertiary/aromatic N) is 1. The van der Waals surface area contributed by atoms with E-state index in [-0.39, 0.29) is 23.3 Å². The van der Waals surface area contributed by atoms with Crippen LogP contribution in [0.15, 0.2) is 16.6 Å². The van der Waals surface area contributed by atoms with Crippen LogP contribution < -0.4 is 4.90 Å². The number of thioether (sulfide) groups is 1. The van der Waals surface area contributed by atoms with E-state index in [1.54, 1.807) is 0 Å². The molecule has 1 aliphatic rings. The average molecular weight is 400 g/mol. The van der Waals surface area contributed by atoms with Crippen LogP contribution >= 0.6 is 27.7 Å². The van der Waals surface area contributed by atoms with Crippen molar-refractivity contribution in [3.63, 3.8) is 0 Å². The maximum atomic E-state index is 14.0. The second kappa shape index (κ2) is 6.19. The number of carbonyl (C=O) groups excluding carboxylic acids is 2. The Bertz CT molecular complexity index is 635. The van der Waals surface area contributed by atoms with E-state index < -0.39 is 33.6 Å². The standard InChI is InChI=1S/C13H10BrF4NO2S/c1-6(20)22-7-2-12(21)19(5-7)11-3-8(13(16,17)18)9(14)4-10(11)15/h3-4,7H,2,5H2,1H3. The van der Waals surface area contributed by atoms with Gasteiger partial charge in [0.05, 0.1) is 11.3 Å². The van der Waals surface area contributed by atoms with Gasteiger partial charge in [-0.25, -0.2) is 4.39 Å². The van der Waals surface area contributed by atoms with E-state index in [1.165, 1.54) is 6.92 Å². The molecule has 0 spiro atoms. The van der Waals surface area contributed by atoms with Gasteiger partial charge in [-0.3, -0.25) is 9.59 Å². The molecule has 1 fully saturated rings. The molecular weight excluding hydrogens is 390 g/mol. The van der Waals surface area contributed by atoms with E-state index in [4.69, 9.17) is 0 Å². The summed E-state index contributed by atoms with van der Waals surface area (Å²) in [6.07, 6.45) is -4.68. The first-order chi connectivity index (χ1) is 10.1. The van der Waals surface area contributed by atoms with Gasteiger partial charge in [0.25, 0.3) is 0 Å². The van der Waals surface area contributed by atoms with Crippen molar-refractivity contribution in [1.82, 2.24) is 0 Å². The molecule has 0 aliphatic carbocycles. The number of amides is 1. The first-order valence-electron chi connectivity index (χ1n) is 6.13. The number of benzene rings is 1. The molecule has 1 unspecified atom stereocenters. The quantitative estimate of drug-likeness (QED) is 0.705. The molecule has 1 heterocycles. The van der Waals surface area contributed by atoms with Crippen LogP contribution in [-0.4, -0.2) is 22.8 Å². The van der Waals surface area contributed by atoms with Gasteiger partial charge < -0.3 is 4.90 Å². The predicted octanol–water partition coefficient (Wildman–Crippen LogP) is 3.99. The Morgan fingerprint density at radius 1 is 1.41 bits per heavy atom. The molecule has 0 bridgehead atoms. The summed E-state index contributed by atoms with van der Waals surface area (Å²) in [5.74, 6) is -1.44. The van der Waals surface area contributed by atoms with Crippen LogP contribution in [0.2, 0.25) is 0 Å². The van der Waals surface area contributed by atoms with Crippen LogP contribution in [0.4, 0.5) is 23.2 Å². The summed E-state index contributed by atoms with van der Waals surface area (Å²) in [6.45, 7) is 1.33. The number of hydrogen-bond donors (Lipinski definition) is 0. The van der Waals surface area contributed by atoms with Crippen molar-refractivity contribution in [3.8, 4) is 0 Å². The predicted molar refractivity (Wildman–Crippen MR) is 78.1 cm³/mol. The summed E-state index contributed by atoms with van der Waals surface area (Å²) in [6, 6.07) is 1.30. The summed E-state index contributed by atoms with van der Waals surface area (Å²) in [5.41, 5.74) is -1.48. The lowest BCUT2D eigenvalue weighted by Crippen LogP contribution is -2.26. The van der Waals surface area contributed by atoms with E-state index >= 15 is 0 Å². The second-order valence-electron chi connectivity index (χ2n) is 4.72. The molecule has 1 saturated heterocycles. The SMILES string of the molecule is CC(=O)SC1CC(=O)N(c2cc(C(F)(F)F)c(Br)cc2F)C1. The Morgan fingerprint density at radius 2 is 2.05 bits per heavy atom. The fourth-order valence-corrected chi connectivity index (χ4v) is 3.64. The molecule has 1 aliphatic heterocycles. The molecule has 0 aromatic heterocycles. The molecular formula is C13H10BrF4NO2S. The minimum Gasteiger partial charge on any atom is -0.308 e. The Hall–Kier alpha value is -1.09. The van der Waals surface area contributed by atoms with Crippen molar-refractivity contribution in [1.29, 1.82) is 0 Å². The molecule has 1 aromatic carbocycles. The van der Waals surface area contributed by atoms with Gasteiger partial charge in [0, 0.05) is 29.6 Å². The van der Waals surface area contributed by atoms with Crippen LogP contribution in [0.3, 0.4) is 0 Å². The normalized spacial score (nSPS) is 18.9. The lowest BCUT2D eigenvalue weighted by atomic mass is 10.1. The Kier molecular flexibility index (Phi) is 4.86. The third-order valence-corrected chi connectivity index (χ3v) is 4.69. The lowest BCUT2D eigenvalue weighted by Gasteiger charge is -2.20. The summed E-state index contributed by atoms with van der Waals surface area (Å²) in [4.78, 5) is 23.9. The van der Waals surface area contributed by atoms with E-state index in [2.05, 4.69) is 15.9 Å². The molecule has 1 amide bonds. The fourth-order valence-electron chi connectivity index (χ4n) is 2.18. The third-order valence-electron chi connectivity index (χ3n) is 3.05. The molecule has 1 aromatic rings. The summed E-state index contributed by atoms with van der Waals surface area (Å²) < 4.78 is 52.2. The second-order valence-corrected chi connectivity index (χ2v) is 7.05. The highest BCUT2D eigenvalue weighted by atomic mass is 79.9. The average Bonchev–Trinajstić information content (AvgIpc) is 2.67. The van der Waals surface area contributed by atoms with Crippen LogP contribution in [0, 0.1) is 5.82 Å². The Balaban J connectivity index is 2.37. The maximum absolute atomic E-state index is 14.0. The lowest BCUT2D eigenvalue weighted by molar-refractivity contribution is -0.138. The van der Waals surface area contributed by atoms with Gasteiger partial charge >= 0.3 is 6.18 Å². The smallest absolute Gasteiger partial charge is 0.308 e. The van der Waals surface area contributed by atoms with Crippen molar-refractivity contribution < 1.29 is 27.2 Å². The molecule has 120 valence electrons. The van der Waals surface area contributed by atoms with Gasteiger partial charge in [0.15, 0.2) is 5.12 Å². The van der Waals surface area contributed by atoms with E-state index in [9.17, 15) is 27.2 Å². The van der Waals surface area contributed by atoms with E-state index in [0.29, 0.717) is 12.1 Å². The Morgan fingerprint density at radius 3 is 2.59 bits per heavy atom. The molecule has 3 nitrogen and oxygen atoms in total. The van der Waals surface area contributed by atoms with Crippen molar-refractivity contribution in [2.75, 3.05) is 11.4 Å². The minimum atomic E-state index is -4.67. The fraction of sp³-hybridized carbons (Fsp3) is 0.385. The highest BCUT2D eigenvalue weighted by Gasteiger charge is 2.38. The minimum absolute atomic E-state index is 0.00106. The number of halogens is 5. The molecule has 22 heavy (non-hydrogen) atoms. The molecule has 9 heteroatoms. The summed E-state index contributed by atoms with van der Waals surface area (Å²) >= 11 is 3.60. The number of anilines is 1. The van der Waals surface area contributed by atoms with Crippen molar-refractivity contribution in [2.24, 2.45) is 0 Å². The zero-order valence-electron chi connectivity index (χ0n) is 11.2. The van der Waals surface area contributed by atoms with Crippen molar-refractivity contribution in [2.45, 2.75) is 24.8 Å². The van der Waals surface area contributed by atoms with E-state index in [1.807, 2.05) is 0 Å². The Labute approximate surface area is 136 Å². The molecule has 0 radical (unpaired) electrons. The molecule has 1 atom stereocenters. The first-order valence-corrected chi connectivity index (χ1v) is 7.80. The summed E-state index contributed by atoms with van der Waals surface area (Å²) in [7, 11) is 0. The highest BCUT2D eigenvalue weighted by molar-refractivity contribution is 9.10. The van der Waals surface area contributed by atoms with E-state index in [0.717, 1.165) is 16.7 Å². The number of hydrogen-bond acceptors (Lipinski definition) is 3. The number of carbonyl (C=O) groups is 2. The number of alkyl halides is 3. The summed E-state index contributed by atoms with van der Waals surface area (Å²) in [5, 5.41) is -0.589. The van der Waals surface area contributed by atoms with Gasteiger partial charge in [-0.2, -0.15) is 13.2 Å². The highest BCUT2D eigenvalue weighted by Crippen LogP contribution is 2.40. The van der Waals surface area contributed by atoms with Gasteiger partial charge in [0.1, 0.15) is 5.82 Å². The third kappa shape index (κ3) is 3.62. The van der Waals surface area contributed by atoms with Crippen LogP contribution in [0.25, 0.3) is 0 Å². The molecule has 2 rings (SSSR count). The van der Waals surface area contributed by atoms with Gasteiger partial charge in [-0.1, -0.05) is 27.7 Å².